The van der Waals surface area contributed by atoms with E-state index in [0.717, 1.165) is 22.8 Å². The van der Waals surface area contributed by atoms with Crippen LogP contribution in [0.15, 0.2) is 18.3 Å². The van der Waals surface area contributed by atoms with Crippen LogP contribution in [0, 0.1) is 0 Å². The van der Waals surface area contributed by atoms with Gasteiger partial charge in [-0.25, -0.2) is 4.98 Å². The molecule has 18 heavy (non-hydrogen) atoms. The molecule has 0 unspecified atom stereocenters. The highest BCUT2D eigenvalue weighted by Gasteiger charge is 2.25. The zero-order valence-corrected chi connectivity index (χ0v) is 11.5. The van der Waals surface area contributed by atoms with Gasteiger partial charge in [0.25, 0.3) is 0 Å². The third kappa shape index (κ3) is 2.85. The Hall–Kier alpha value is -1.04. The van der Waals surface area contributed by atoms with E-state index < -0.39 is 0 Å². The number of hydrogen-bond donors (Lipinski definition) is 1. The predicted octanol–water partition coefficient (Wildman–Crippen LogP) is 2.40. The number of pyridine rings is 1. The second-order valence-corrected chi connectivity index (χ2v) is 5.13. The van der Waals surface area contributed by atoms with Crippen LogP contribution in [0.25, 0.3) is 11.4 Å². The van der Waals surface area contributed by atoms with Gasteiger partial charge < -0.3 is 5.73 Å². The highest BCUT2D eigenvalue weighted by Crippen LogP contribution is 2.39. The van der Waals surface area contributed by atoms with Crippen molar-refractivity contribution < 1.29 is 0 Å². The Bertz CT molecular complexity index is 524. The van der Waals surface area contributed by atoms with E-state index in [1.54, 1.807) is 0 Å². The standard InChI is InChI=1S/C12H14N4S.ClH/c13-5-3-11-15-12(16-17-11)9-4-6-14-10(7-9)8-1-2-8;/h4,6-8H,1-3,5,13H2;1H. The minimum atomic E-state index is 0. The van der Waals surface area contributed by atoms with Crippen LogP contribution in [0.5, 0.6) is 0 Å². The average Bonchev–Trinajstić information content (AvgIpc) is 3.11. The molecule has 2 heterocycles. The lowest BCUT2D eigenvalue weighted by molar-refractivity contribution is 0.952. The fourth-order valence-electron chi connectivity index (χ4n) is 1.79. The van der Waals surface area contributed by atoms with Gasteiger partial charge in [-0.15, -0.1) is 12.4 Å². The summed E-state index contributed by atoms with van der Waals surface area (Å²) in [5.74, 6) is 1.47. The summed E-state index contributed by atoms with van der Waals surface area (Å²) in [5.41, 5.74) is 7.76. The molecule has 1 aliphatic carbocycles. The first-order chi connectivity index (χ1) is 8.36. The molecule has 0 aliphatic heterocycles. The summed E-state index contributed by atoms with van der Waals surface area (Å²) in [7, 11) is 0. The van der Waals surface area contributed by atoms with Crippen LogP contribution >= 0.6 is 23.9 Å². The molecule has 2 N–H and O–H groups in total. The second-order valence-electron chi connectivity index (χ2n) is 4.29. The molecule has 0 saturated heterocycles. The molecule has 0 bridgehead atoms. The van der Waals surface area contributed by atoms with Gasteiger partial charge >= 0.3 is 0 Å². The molecule has 0 atom stereocenters. The smallest absolute Gasteiger partial charge is 0.173 e. The quantitative estimate of drug-likeness (QED) is 0.935. The maximum absolute atomic E-state index is 5.51. The number of hydrogen-bond acceptors (Lipinski definition) is 5. The topological polar surface area (TPSA) is 64.7 Å². The normalized spacial score (nSPS) is 14.3. The van der Waals surface area contributed by atoms with Crippen molar-refractivity contribution >= 4 is 23.9 Å². The summed E-state index contributed by atoms with van der Waals surface area (Å²) in [5, 5.41) is 1.01. The predicted molar refractivity (Wildman–Crippen MR) is 75.1 cm³/mol. The van der Waals surface area contributed by atoms with Crippen molar-refractivity contribution in [2.24, 2.45) is 5.73 Å². The van der Waals surface area contributed by atoms with Gasteiger partial charge in [-0.2, -0.15) is 4.37 Å². The van der Waals surface area contributed by atoms with Gasteiger partial charge in [0.05, 0.1) is 0 Å². The van der Waals surface area contributed by atoms with Crippen molar-refractivity contribution in [3.05, 3.63) is 29.0 Å². The highest BCUT2D eigenvalue weighted by molar-refractivity contribution is 7.05. The summed E-state index contributed by atoms with van der Waals surface area (Å²) in [6.45, 7) is 0.623. The first-order valence-corrected chi connectivity index (χ1v) is 6.63. The van der Waals surface area contributed by atoms with Crippen LogP contribution in [-0.4, -0.2) is 20.9 Å². The van der Waals surface area contributed by atoms with Crippen LogP contribution < -0.4 is 5.73 Å². The molecule has 6 heteroatoms. The van der Waals surface area contributed by atoms with Crippen LogP contribution in [0.1, 0.15) is 29.5 Å². The molecular formula is C12H15ClN4S. The molecule has 3 rings (SSSR count). The summed E-state index contributed by atoms with van der Waals surface area (Å²) in [6, 6.07) is 4.09. The Balaban J connectivity index is 0.00000120. The van der Waals surface area contributed by atoms with Crippen molar-refractivity contribution in [2.75, 3.05) is 6.54 Å². The average molecular weight is 283 g/mol. The van der Waals surface area contributed by atoms with E-state index in [4.69, 9.17) is 5.73 Å². The molecule has 0 amide bonds. The fraction of sp³-hybridized carbons (Fsp3) is 0.417. The number of rotatable bonds is 4. The summed E-state index contributed by atoms with van der Waals surface area (Å²) >= 11 is 1.44. The van der Waals surface area contributed by atoms with E-state index in [9.17, 15) is 0 Å². The van der Waals surface area contributed by atoms with Crippen LogP contribution in [0.3, 0.4) is 0 Å². The third-order valence-corrected chi connectivity index (χ3v) is 3.63. The number of nitrogens with two attached hydrogens (primary N) is 1. The molecule has 0 aromatic carbocycles. The Morgan fingerprint density at radius 3 is 2.94 bits per heavy atom. The Labute approximate surface area is 116 Å². The Morgan fingerprint density at radius 1 is 1.39 bits per heavy atom. The van der Waals surface area contributed by atoms with Gasteiger partial charge in [-0.3, -0.25) is 4.98 Å². The zero-order valence-electron chi connectivity index (χ0n) is 9.87. The van der Waals surface area contributed by atoms with Crippen LogP contribution in [-0.2, 0) is 6.42 Å². The van der Waals surface area contributed by atoms with E-state index in [2.05, 4.69) is 20.4 Å². The maximum Gasteiger partial charge on any atom is 0.173 e. The molecule has 0 spiro atoms. The van der Waals surface area contributed by atoms with Gasteiger partial charge in [-0.1, -0.05) is 0 Å². The van der Waals surface area contributed by atoms with Gasteiger partial charge in [0.1, 0.15) is 5.01 Å². The lowest BCUT2D eigenvalue weighted by atomic mass is 10.2. The van der Waals surface area contributed by atoms with E-state index in [1.807, 2.05) is 12.3 Å². The van der Waals surface area contributed by atoms with Gasteiger partial charge in [0.15, 0.2) is 5.82 Å². The SMILES string of the molecule is Cl.NCCc1nc(-c2ccnc(C3CC3)c2)ns1. The molecule has 96 valence electrons. The second kappa shape index (κ2) is 5.73. The number of nitrogens with zero attached hydrogens (tertiary/aromatic N) is 3. The number of aromatic nitrogens is 3. The summed E-state index contributed by atoms with van der Waals surface area (Å²) in [6.07, 6.45) is 5.18. The summed E-state index contributed by atoms with van der Waals surface area (Å²) < 4.78 is 4.37. The van der Waals surface area contributed by atoms with Crippen molar-refractivity contribution in [1.29, 1.82) is 0 Å². The van der Waals surface area contributed by atoms with Gasteiger partial charge in [0.2, 0.25) is 0 Å². The van der Waals surface area contributed by atoms with E-state index in [-0.39, 0.29) is 12.4 Å². The molecule has 2 aromatic heterocycles. The minimum Gasteiger partial charge on any atom is -0.330 e. The monoisotopic (exact) mass is 282 g/mol. The lowest BCUT2D eigenvalue weighted by Gasteiger charge is -1.99. The van der Waals surface area contributed by atoms with Crippen LogP contribution in [0.4, 0.5) is 0 Å². The highest BCUT2D eigenvalue weighted by atomic mass is 35.5. The number of halogens is 1. The Morgan fingerprint density at radius 2 is 2.22 bits per heavy atom. The Kier molecular flexibility index (Phi) is 4.27. The van der Waals surface area contributed by atoms with Crippen molar-refractivity contribution in [1.82, 2.24) is 14.3 Å². The fourth-order valence-corrected chi connectivity index (χ4v) is 2.46. The van der Waals surface area contributed by atoms with Crippen LogP contribution in [0.2, 0.25) is 0 Å². The lowest BCUT2D eigenvalue weighted by Crippen LogP contribution is -2.02. The van der Waals surface area contributed by atoms with Crippen molar-refractivity contribution in [3.63, 3.8) is 0 Å². The molecule has 4 nitrogen and oxygen atoms in total. The van der Waals surface area contributed by atoms with Crippen molar-refractivity contribution in [2.45, 2.75) is 25.2 Å². The molecule has 2 aromatic rings. The van der Waals surface area contributed by atoms with Gasteiger partial charge in [-0.05, 0) is 43.1 Å². The maximum atomic E-state index is 5.51. The van der Waals surface area contributed by atoms with E-state index in [0.29, 0.717) is 12.5 Å². The largest absolute Gasteiger partial charge is 0.330 e. The first kappa shape index (κ1) is 13.4. The molecule has 1 aliphatic rings. The minimum absolute atomic E-state index is 0. The zero-order chi connectivity index (χ0) is 11.7. The van der Waals surface area contributed by atoms with Gasteiger partial charge in [0, 0.05) is 29.8 Å². The molecule has 1 saturated carbocycles. The van der Waals surface area contributed by atoms with E-state index in [1.165, 1.54) is 30.1 Å². The molecular weight excluding hydrogens is 268 g/mol. The summed E-state index contributed by atoms with van der Waals surface area (Å²) in [4.78, 5) is 8.89. The van der Waals surface area contributed by atoms with E-state index >= 15 is 0 Å². The molecule has 0 radical (unpaired) electrons. The van der Waals surface area contributed by atoms with Crippen molar-refractivity contribution in [3.8, 4) is 11.4 Å². The third-order valence-electron chi connectivity index (χ3n) is 2.86. The first-order valence-electron chi connectivity index (χ1n) is 5.86. The molecule has 1 fully saturated rings.